The van der Waals surface area contributed by atoms with Crippen molar-refractivity contribution in [3.63, 3.8) is 0 Å². The molecule has 1 atom stereocenters. The van der Waals surface area contributed by atoms with Crippen LogP contribution < -0.4 is 5.32 Å². The van der Waals surface area contributed by atoms with E-state index in [9.17, 15) is 14.0 Å². The number of amides is 2. The number of pyridine rings is 1. The van der Waals surface area contributed by atoms with Gasteiger partial charge in [0, 0.05) is 12.2 Å². The summed E-state index contributed by atoms with van der Waals surface area (Å²) >= 11 is 1.55. The summed E-state index contributed by atoms with van der Waals surface area (Å²) in [6.07, 6.45) is 1.44. The smallest absolute Gasteiger partial charge is 0.249 e. The number of thioether (sulfide) groups is 1. The van der Waals surface area contributed by atoms with E-state index in [0.29, 0.717) is 18.1 Å². The Hall–Kier alpha value is -1.63. The van der Waals surface area contributed by atoms with Gasteiger partial charge in [0.1, 0.15) is 17.7 Å². The maximum Gasteiger partial charge on any atom is 0.249 e. The van der Waals surface area contributed by atoms with Gasteiger partial charge in [-0.3, -0.25) is 9.59 Å². The van der Waals surface area contributed by atoms with Gasteiger partial charge in [-0.1, -0.05) is 20.8 Å². The molecule has 0 radical (unpaired) electrons. The van der Waals surface area contributed by atoms with Gasteiger partial charge in [-0.2, -0.15) is 0 Å². The molecule has 0 aromatic carbocycles. The Kier molecular flexibility index (Phi) is 5.05. The Morgan fingerprint density at radius 3 is 2.77 bits per heavy atom. The van der Waals surface area contributed by atoms with E-state index in [1.165, 1.54) is 12.1 Å². The van der Waals surface area contributed by atoms with E-state index in [0.717, 1.165) is 6.20 Å². The Morgan fingerprint density at radius 1 is 1.45 bits per heavy atom. The van der Waals surface area contributed by atoms with Crippen LogP contribution in [0.2, 0.25) is 0 Å². The first kappa shape index (κ1) is 16.7. The van der Waals surface area contributed by atoms with Crippen molar-refractivity contribution in [2.45, 2.75) is 33.2 Å². The van der Waals surface area contributed by atoms with Crippen LogP contribution in [0.5, 0.6) is 0 Å². The Morgan fingerprint density at radius 2 is 2.18 bits per heavy atom. The second kappa shape index (κ2) is 6.64. The van der Waals surface area contributed by atoms with Crippen molar-refractivity contribution in [3.05, 3.63) is 24.1 Å². The molecule has 7 heteroatoms. The van der Waals surface area contributed by atoms with E-state index < -0.39 is 11.9 Å². The average Bonchev–Trinajstić information content (AvgIpc) is 2.89. The minimum Gasteiger partial charge on any atom is -0.321 e. The number of carbonyl (C=O) groups is 2. The normalized spacial score (nSPS) is 18.4. The quantitative estimate of drug-likeness (QED) is 0.927. The maximum atomic E-state index is 12.8. The third kappa shape index (κ3) is 4.43. The lowest BCUT2D eigenvalue weighted by Crippen LogP contribution is -2.45. The lowest BCUT2D eigenvalue weighted by molar-refractivity contribution is -0.137. The summed E-state index contributed by atoms with van der Waals surface area (Å²) in [4.78, 5) is 30.1. The molecular weight excluding hydrogens is 305 g/mol. The number of rotatable bonds is 3. The van der Waals surface area contributed by atoms with Crippen molar-refractivity contribution < 1.29 is 14.0 Å². The highest BCUT2D eigenvalue weighted by Gasteiger charge is 2.35. The molecule has 22 heavy (non-hydrogen) atoms. The van der Waals surface area contributed by atoms with Crippen molar-refractivity contribution in [1.29, 1.82) is 0 Å². The summed E-state index contributed by atoms with van der Waals surface area (Å²) in [7, 11) is 0. The molecule has 2 rings (SSSR count). The Bertz CT molecular complexity index is 557. The zero-order valence-electron chi connectivity index (χ0n) is 12.9. The number of anilines is 1. The summed E-state index contributed by atoms with van der Waals surface area (Å²) in [5, 5.41) is 2.63. The molecule has 0 unspecified atom stereocenters. The van der Waals surface area contributed by atoms with Crippen LogP contribution in [0.1, 0.15) is 27.2 Å². The van der Waals surface area contributed by atoms with E-state index in [1.807, 2.05) is 20.8 Å². The fourth-order valence-corrected chi connectivity index (χ4v) is 3.30. The third-order valence-electron chi connectivity index (χ3n) is 3.17. The van der Waals surface area contributed by atoms with Gasteiger partial charge in [-0.05, 0) is 17.5 Å². The average molecular weight is 325 g/mol. The molecule has 1 fully saturated rings. The molecule has 5 nitrogen and oxygen atoms in total. The lowest BCUT2D eigenvalue weighted by Gasteiger charge is -2.26. The molecule has 120 valence electrons. The predicted octanol–water partition coefficient (Wildman–Crippen LogP) is 2.50. The number of nitrogens with one attached hydrogen (secondary N) is 1. The van der Waals surface area contributed by atoms with E-state index in [-0.39, 0.29) is 23.0 Å². The second-order valence-electron chi connectivity index (χ2n) is 6.47. The molecule has 2 heterocycles. The number of hydrogen-bond acceptors (Lipinski definition) is 4. The van der Waals surface area contributed by atoms with E-state index in [2.05, 4.69) is 10.3 Å². The molecule has 1 aromatic heterocycles. The Balaban J connectivity index is 2.01. The van der Waals surface area contributed by atoms with Gasteiger partial charge >= 0.3 is 0 Å². The standard InChI is InChI=1S/C15H20FN3O2S/c1-15(2,3)6-13(20)19-9-22-8-11(19)14(21)18-12-5-4-10(16)7-17-12/h4-5,7,11H,6,8-9H2,1-3H3,(H,17,18,21)/t11-/m0/s1. The minimum atomic E-state index is -0.508. The fourth-order valence-electron chi connectivity index (χ4n) is 2.12. The van der Waals surface area contributed by atoms with Gasteiger partial charge < -0.3 is 10.2 Å². The predicted molar refractivity (Wildman–Crippen MR) is 84.9 cm³/mol. The molecule has 1 N–H and O–H groups in total. The molecule has 0 aliphatic carbocycles. The van der Waals surface area contributed by atoms with Crippen molar-refractivity contribution >= 4 is 29.4 Å². The minimum absolute atomic E-state index is 0.0234. The Labute approximate surface area is 133 Å². The second-order valence-corrected chi connectivity index (χ2v) is 7.47. The van der Waals surface area contributed by atoms with Crippen molar-refractivity contribution in [1.82, 2.24) is 9.88 Å². The number of halogens is 1. The summed E-state index contributed by atoms with van der Waals surface area (Å²) in [5.41, 5.74) is -0.121. The van der Waals surface area contributed by atoms with Gasteiger partial charge in [0.05, 0.1) is 12.1 Å². The van der Waals surface area contributed by atoms with Crippen LogP contribution in [0.3, 0.4) is 0 Å². The van der Waals surface area contributed by atoms with Crippen molar-refractivity contribution in [3.8, 4) is 0 Å². The number of carbonyl (C=O) groups excluding carboxylic acids is 2. The zero-order valence-corrected chi connectivity index (χ0v) is 13.7. The van der Waals surface area contributed by atoms with E-state index in [4.69, 9.17) is 0 Å². The number of aromatic nitrogens is 1. The molecular formula is C15H20FN3O2S. The van der Waals surface area contributed by atoms with Crippen molar-refractivity contribution in [2.24, 2.45) is 5.41 Å². The maximum absolute atomic E-state index is 12.8. The summed E-state index contributed by atoms with van der Waals surface area (Å²) < 4.78 is 12.8. The van der Waals surface area contributed by atoms with Crippen molar-refractivity contribution in [2.75, 3.05) is 16.9 Å². The van der Waals surface area contributed by atoms with Crippen LogP contribution in [0.4, 0.5) is 10.2 Å². The topological polar surface area (TPSA) is 62.3 Å². The summed E-state index contributed by atoms with van der Waals surface area (Å²) in [6, 6.07) is 2.12. The van der Waals surface area contributed by atoms with Crippen LogP contribution in [0, 0.1) is 11.2 Å². The summed E-state index contributed by atoms with van der Waals surface area (Å²) in [5.74, 6) is 0.589. The van der Waals surface area contributed by atoms with Gasteiger partial charge in [0.2, 0.25) is 11.8 Å². The van der Waals surface area contributed by atoms with Crippen LogP contribution in [-0.4, -0.2) is 39.4 Å². The van der Waals surface area contributed by atoms with Gasteiger partial charge in [-0.25, -0.2) is 9.37 Å². The van der Waals surface area contributed by atoms with Gasteiger partial charge in [0.15, 0.2) is 0 Å². The molecule has 1 aromatic rings. The molecule has 0 bridgehead atoms. The van der Waals surface area contributed by atoms with Crippen LogP contribution in [-0.2, 0) is 9.59 Å². The fraction of sp³-hybridized carbons (Fsp3) is 0.533. The highest BCUT2D eigenvalue weighted by molar-refractivity contribution is 7.99. The molecule has 1 aliphatic rings. The van der Waals surface area contributed by atoms with Gasteiger partial charge in [0.25, 0.3) is 0 Å². The van der Waals surface area contributed by atoms with E-state index >= 15 is 0 Å². The van der Waals surface area contributed by atoms with E-state index in [1.54, 1.807) is 16.7 Å². The molecule has 2 amide bonds. The highest BCUT2D eigenvalue weighted by atomic mass is 32.2. The zero-order chi connectivity index (χ0) is 16.3. The van der Waals surface area contributed by atoms with Crippen LogP contribution in [0.15, 0.2) is 18.3 Å². The molecule has 1 saturated heterocycles. The highest BCUT2D eigenvalue weighted by Crippen LogP contribution is 2.27. The molecule has 0 saturated carbocycles. The summed E-state index contributed by atoms with van der Waals surface area (Å²) in [6.45, 7) is 5.98. The number of hydrogen-bond donors (Lipinski definition) is 1. The third-order valence-corrected chi connectivity index (χ3v) is 4.18. The first-order chi connectivity index (χ1) is 10.3. The molecule has 1 aliphatic heterocycles. The SMILES string of the molecule is CC(C)(C)CC(=O)N1CSC[C@H]1C(=O)Nc1ccc(F)cn1. The first-order valence-corrected chi connectivity index (χ1v) is 8.21. The molecule has 0 spiro atoms. The monoisotopic (exact) mass is 325 g/mol. The largest absolute Gasteiger partial charge is 0.321 e. The van der Waals surface area contributed by atoms with Gasteiger partial charge in [-0.15, -0.1) is 11.8 Å². The lowest BCUT2D eigenvalue weighted by atomic mass is 9.91. The number of nitrogens with zero attached hydrogens (tertiary/aromatic N) is 2. The first-order valence-electron chi connectivity index (χ1n) is 7.06. The van der Waals surface area contributed by atoms with Crippen LogP contribution in [0.25, 0.3) is 0 Å². The van der Waals surface area contributed by atoms with Crippen LogP contribution >= 0.6 is 11.8 Å².